The van der Waals surface area contributed by atoms with Crippen molar-refractivity contribution >= 4 is 23.2 Å². The highest BCUT2D eigenvalue weighted by Gasteiger charge is 2.29. The van der Waals surface area contributed by atoms with Gasteiger partial charge in [-0.3, -0.25) is 4.79 Å². The number of ether oxygens (including phenoxy) is 1. The quantitative estimate of drug-likeness (QED) is 0.601. The van der Waals surface area contributed by atoms with Crippen LogP contribution in [-0.4, -0.2) is 18.6 Å². The Balaban J connectivity index is 1.48. The van der Waals surface area contributed by atoms with Crippen LogP contribution in [-0.2, 0) is 17.9 Å². The van der Waals surface area contributed by atoms with Gasteiger partial charge in [0, 0.05) is 18.1 Å². The molecule has 154 valence electrons. The van der Waals surface area contributed by atoms with Crippen LogP contribution in [0, 0.1) is 6.92 Å². The lowest BCUT2D eigenvalue weighted by atomic mass is 10.1. The van der Waals surface area contributed by atoms with E-state index in [1.54, 1.807) is 0 Å². The zero-order valence-electron chi connectivity index (χ0n) is 17.0. The molecule has 30 heavy (non-hydrogen) atoms. The van der Waals surface area contributed by atoms with Crippen LogP contribution in [0.5, 0.6) is 5.75 Å². The molecule has 0 radical (unpaired) electrons. The Morgan fingerprint density at radius 2 is 1.80 bits per heavy atom. The Hall–Kier alpha value is -2.98. The number of anilines is 1. The van der Waals surface area contributed by atoms with Gasteiger partial charge in [0.05, 0.1) is 18.2 Å². The Bertz CT molecular complexity index is 1020. The minimum Gasteiger partial charge on any atom is -0.489 e. The summed E-state index contributed by atoms with van der Waals surface area (Å²) in [5.74, 6) is 0.842. The predicted molar refractivity (Wildman–Crippen MR) is 121 cm³/mol. The highest BCUT2D eigenvalue weighted by molar-refractivity contribution is 6.31. The van der Waals surface area contributed by atoms with Gasteiger partial charge in [-0.2, -0.15) is 0 Å². The monoisotopic (exact) mass is 420 g/mol. The molecule has 0 bridgehead atoms. The largest absolute Gasteiger partial charge is 0.489 e. The molecule has 0 saturated heterocycles. The summed E-state index contributed by atoms with van der Waals surface area (Å²) in [7, 11) is 0. The van der Waals surface area contributed by atoms with E-state index in [0.717, 1.165) is 23.5 Å². The lowest BCUT2D eigenvalue weighted by Gasteiger charge is -2.38. The number of para-hydroxylation sites is 2. The first kappa shape index (κ1) is 20.3. The zero-order valence-corrected chi connectivity index (χ0v) is 17.7. The molecule has 1 heterocycles. The molecule has 3 aromatic carbocycles. The van der Waals surface area contributed by atoms with Crippen molar-refractivity contribution in [3.05, 3.63) is 94.5 Å². The van der Waals surface area contributed by atoms with Crippen LogP contribution in [0.3, 0.4) is 0 Å². The van der Waals surface area contributed by atoms with Crippen molar-refractivity contribution in [2.24, 2.45) is 0 Å². The average molecular weight is 421 g/mol. The van der Waals surface area contributed by atoms with E-state index in [4.69, 9.17) is 16.3 Å². The summed E-state index contributed by atoms with van der Waals surface area (Å²) >= 11 is 6.20. The molecule has 0 saturated carbocycles. The summed E-state index contributed by atoms with van der Waals surface area (Å²) < 4.78 is 5.96. The third kappa shape index (κ3) is 4.77. The van der Waals surface area contributed by atoms with Crippen molar-refractivity contribution in [1.29, 1.82) is 0 Å². The fraction of sp³-hybridized carbons (Fsp3) is 0.240. The van der Waals surface area contributed by atoms with Crippen molar-refractivity contribution in [2.75, 3.05) is 11.5 Å². The third-order valence-corrected chi connectivity index (χ3v) is 5.74. The number of benzene rings is 3. The van der Waals surface area contributed by atoms with E-state index < -0.39 is 0 Å². The number of carbonyl (C=O) groups excluding carboxylic acids is 1. The number of nitrogens with zero attached hydrogens (tertiary/aromatic N) is 1. The molecule has 0 unspecified atom stereocenters. The summed E-state index contributed by atoms with van der Waals surface area (Å²) in [6, 6.07) is 24.0. The van der Waals surface area contributed by atoms with Crippen molar-refractivity contribution in [3.63, 3.8) is 0 Å². The van der Waals surface area contributed by atoms with Crippen LogP contribution in [0.2, 0.25) is 5.02 Å². The highest BCUT2D eigenvalue weighted by Crippen LogP contribution is 2.35. The number of amides is 1. The minimum atomic E-state index is -0.0487. The van der Waals surface area contributed by atoms with E-state index in [1.165, 1.54) is 11.1 Å². The first-order chi connectivity index (χ1) is 14.6. The third-order valence-electron chi connectivity index (χ3n) is 5.38. The molecule has 3 aromatic rings. The number of hydrogen-bond acceptors (Lipinski definition) is 3. The lowest BCUT2D eigenvalue weighted by Crippen LogP contribution is -2.45. The Morgan fingerprint density at radius 1 is 1.07 bits per heavy atom. The van der Waals surface area contributed by atoms with Crippen LogP contribution in [0.1, 0.15) is 23.1 Å². The number of rotatable bonds is 6. The fourth-order valence-corrected chi connectivity index (χ4v) is 3.89. The van der Waals surface area contributed by atoms with Gasteiger partial charge in [-0.05, 0) is 36.2 Å². The summed E-state index contributed by atoms with van der Waals surface area (Å²) in [4.78, 5) is 15.0. The molecule has 0 aliphatic carbocycles. The van der Waals surface area contributed by atoms with Gasteiger partial charge < -0.3 is 15.0 Å². The summed E-state index contributed by atoms with van der Waals surface area (Å²) in [5.41, 5.74) is 4.37. The van der Waals surface area contributed by atoms with Crippen molar-refractivity contribution in [1.82, 2.24) is 5.32 Å². The summed E-state index contributed by atoms with van der Waals surface area (Å²) in [6.07, 6.45) is 0.352. The molecule has 0 aromatic heterocycles. The maximum atomic E-state index is 12.7. The van der Waals surface area contributed by atoms with Gasteiger partial charge in [0.1, 0.15) is 12.4 Å². The number of fused-ring (bicyclic) bond motifs is 1. The van der Waals surface area contributed by atoms with Gasteiger partial charge in [-0.15, -0.1) is 0 Å². The maximum absolute atomic E-state index is 12.7. The molecule has 5 heteroatoms. The Labute approximate surface area is 182 Å². The van der Waals surface area contributed by atoms with Gasteiger partial charge >= 0.3 is 0 Å². The van der Waals surface area contributed by atoms with Crippen molar-refractivity contribution in [2.45, 2.75) is 32.5 Å². The second-order valence-corrected chi connectivity index (χ2v) is 8.03. The molecule has 1 aliphatic heterocycles. The average Bonchev–Trinajstić information content (AvgIpc) is 2.76. The second-order valence-electron chi connectivity index (χ2n) is 7.62. The van der Waals surface area contributed by atoms with Gasteiger partial charge in [0.2, 0.25) is 5.91 Å². The van der Waals surface area contributed by atoms with Gasteiger partial charge in [-0.25, -0.2) is 0 Å². The topological polar surface area (TPSA) is 41.6 Å². The first-order valence-electron chi connectivity index (χ1n) is 10.1. The van der Waals surface area contributed by atoms with E-state index in [1.807, 2.05) is 42.5 Å². The smallest absolute Gasteiger partial charge is 0.222 e. The van der Waals surface area contributed by atoms with Crippen molar-refractivity contribution < 1.29 is 9.53 Å². The molecule has 1 aliphatic rings. The standard InChI is InChI=1S/C25H25ClN2O2/c1-18-10-12-19(13-11-18)16-28-21(17-30-24-9-5-4-8-23(24)28)14-25(29)27-15-20-6-2-3-7-22(20)26/h2-13,21H,14-17H2,1H3,(H,27,29)/t21-/m1/s1. The fourth-order valence-electron chi connectivity index (χ4n) is 3.68. The van der Waals surface area contributed by atoms with Gasteiger partial charge in [0.25, 0.3) is 0 Å². The van der Waals surface area contributed by atoms with E-state index in [0.29, 0.717) is 24.6 Å². The van der Waals surface area contributed by atoms with Crippen LogP contribution < -0.4 is 15.0 Å². The van der Waals surface area contributed by atoms with Crippen LogP contribution in [0.4, 0.5) is 5.69 Å². The normalized spacial score (nSPS) is 15.3. The Kier molecular flexibility index (Phi) is 6.24. The molecule has 4 rings (SSSR count). The van der Waals surface area contributed by atoms with E-state index >= 15 is 0 Å². The zero-order chi connectivity index (χ0) is 20.9. The number of carbonyl (C=O) groups is 1. The summed E-state index contributed by atoms with van der Waals surface area (Å²) in [5, 5.41) is 3.66. The molecular weight excluding hydrogens is 396 g/mol. The first-order valence-corrected chi connectivity index (χ1v) is 10.5. The lowest BCUT2D eigenvalue weighted by molar-refractivity contribution is -0.121. The van der Waals surface area contributed by atoms with E-state index in [2.05, 4.69) is 47.5 Å². The maximum Gasteiger partial charge on any atom is 0.222 e. The molecule has 1 amide bonds. The van der Waals surface area contributed by atoms with Crippen LogP contribution in [0.15, 0.2) is 72.8 Å². The van der Waals surface area contributed by atoms with Gasteiger partial charge in [-0.1, -0.05) is 71.8 Å². The van der Waals surface area contributed by atoms with Gasteiger partial charge in [0.15, 0.2) is 0 Å². The molecule has 0 spiro atoms. The number of aryl methyl sites for hydroxylation is 1. The number of nitrogens with one attached hydrogen (secondary N) is 1. The predicted octanol–water partition coefficient (Wildman–Crippen LogP) is 5.12. The molecule has 0 fully saturated rings. The van der Waals surface area contributed by atoms with Crippen LogP contribution >= 0.6 is 11.6 Å². The van der Waals surface area contributed by atoms with E-state index in [9.17, 15) is 4.79 Å². The molecule has 1 atom stereocenters. The summed E-state index contributed by atoms with van der Waals surface area (Å²) in [6.45, 7) is 3.70. The SMILES string of the molecule is Cc1ccc(CN2c3ccccc3OC[C@H]2CC(=O)NCc2ccccc2Cl)cc1. The van der Waals surface area contributed by atoms with Crippen LogP contribution in [0.25, 0.3) is 0 Å². The van der Waals surface area contributed by atoms with Crippen molar-refractivity contribution in [3.8, 4) is 5.75 Å². The minimum absolute atomic E-state index is 0.0168. The molecular formula is C25H25ClN2O2. The number of hydrogen-bond donors (Lipinski definition) is 1. The second kappa shape index (κ2) is 9.23. The number of halogens is 1. The molecule has 1 N–H and O–H groups in total. The Morgan fingerprint density at radius 3 is 2.60 bits per heavy atom. The highest BCUT2D eigenvalue weighted by atomic mass is 35.5. The molecule has 4 nitrogen and oxygen atoms in total. The van der Waals surface area contributed by atoms with E-state index in [-0.39, 0.29) is 11.9 Å².